The molecular weight excluding hydrogens is 286 g/mol. The fourth-order valence-corrected chi connectivity index (χ4v) is 4.21. The van der Waals surface area contributed by atoms with Crippen LogP contribution in [0.25, 0.3) is 0 Å². The molecule has 0 spiro atoms. The Bertz CT molecular complexity index is 358. The molecule has 1 rings (SSSR count). The summed E-state index contributed by atoms with van der Waals surface area (Å²) in [6, 6.07) is 0.530. The second-order valence-corrected chi connectivity index (χ2v) is 8.68. The highest BCUT2D eigenvalue weighted by molar-refractivity contribution is 5.71. The maximum absolute atomic E-state index is 12.2. The molecule has 1 aliphatic heterocycles. The van der Waals surface area contributed by atoms with Crippen molar-refractivity contribution in [2.24, 2.45) is 29.6 Å². The Morgan fingerprint density at radius 1 is 0.826 bits per heavy atom. The molecule has 0 radical (unpaired) electrons. The molecule has 3 nitrogen and oxygen atoms in total. The molecule has 0 amide bonds. The fraction of sp³-hybridized carbons (Fsp3) is 0.950. The summed E-state index contributed by atoms with van der Waals surface area (Å²) in [6.45, 7) is 15.2. The Morgan fingerprint density at radius 3 is 2.04 bits per heavy atom. The SMILES string of the molecule is CC1CC(C)CC(C)C(=O)OCC(C)CC(C)N(C)CC(C)C1. The van der Waals surface area contributed by atoms with E-state index in [-0.39, 0.29) is 11.9 Å². The molecule has 0 saturated carbocycles. The molecule has 23 heavy (non-hydrogen) atoms. The van der Waals surface area contributed by atoms with Gasteiger partial charge in [-0.15, -0.1) is 0 Å². The van der Waals surface area contributed by atoms with E-state index in [0.717, 1.165) is 31.2 Å². The summed E-state index contributed by atoms with van der Waals surface area (Å²) in [5, 5.41) is 0. The first-order valence-corrected chi connectivity index (χ1v) is 9.55. The van der Waals surface area contributed by atoms with Crippen LogP contribution in [0.2, 0.25) is 0 Å². The summed E-state index contributed by atoms with van der Waals surface area (Å²) in [7, 11) is 2.23. The summed E-state index contributed by atoms with van der Waals surface area (Å²) in [6.07, 6.45) is 4.51. The first-order chi connectivity index (χ1) is 10.7. The number of nitrogens with zero attached hydrogens (tertiary/aromatic N) is 1. The smallest absolute Gasteiger partial charge is 0.308 e. The van der Waals surface area contributed by atoms with Crippen LogP contribution in [0.15, 0.2) is 0 Å². The van der Waals surface area contributed by atoms with Crippen LogP contribution in [-0.4, -0.2) is 37.1 Å². The molecular formula is C20H39NO2. The van der Waals surface area contributed by atoms with E-state index in [4.69, 9.17) is 4.74 Å². The first-order valence-electron chi connectivity index (χ1n) is 9.55. The topological polar surface area (TPSA) is 29.5 Å². The van der Waals surface area contributed by atoms with Crippen LogP contribution < -0.4 is 0 Å². The van der Waals surface area contributed by atoms with Gasteiger partial charge in [0.15, 0.2) is 0 Å². The summed E-state index contributed by atoms with van der Waals surface area (Å²) in [5.41, 5.74) is 0. The lowest BCUT2D eigenvalue weighted by atomic mass is 9.85. The Morgan fingerprint density at radius 2 is 1.39 bits per heavy atom. The van der Waals surface area contributed by atoms with Crippen LogP contribution in [0, 0.1) is 29.6 Å². The molecule has 6 unspecified atom stereocenters. The largest absolute Gasteiger partial charge is 0.465 e. The maximum atomic E-state index is 12.2. The summed E-state index contributed by atoms with van der Waals surface area (Å²) in [5.74, 6) is 2.45. The van der Waals surface area contributed by atoms with Crippen LogP contribution in [-0.2, 0) is 9.53 Å². The minimum atomic E-state index is -0.0133. The average Bonchev–Trinajstić information content (AvgIpc) is 2.42. The van der Waals surface area contributed by atoms with Crippen LogP contribution in [0.4, 0.5) is 0 Å². The number of hydrogen-bond acceptors (Lipinski definition) is 3. The van der Waals surface area contributed by atoms with Crippen LogP contribution in [0.1, 0.15) is 67.2 Å². The lowest BCUT2D eigenvalue weighted by Crippen LogP contribution is -2.35. The standard InChI is InChI=1S/C20H39NO2/c1-14-8-15(2)10-18(5)20(22)23-13-17(4)11-19(6)21(7)12-16(3)9-14/h14-19H,8-13H2,1-7H3. The van der Waals surface area contributed by atoms with Crippen LogP contribution >= 0.6 is 0 Å². The second-order valence-electron chi connectivity index (χ2n) is 8.68. The molecule has 6 atom stereocenters. The van der Waals surface area contributed by atoms with Crippen molar-refractivity contribution in [3.05, 3.63) is 0 Å². The quantitative estimate of drug-likeness (QED) is 0.609. The first kappa shape index (κ1) is 20.5. The summed E-state index contributed by atoms with van der Waals surface area (Å²) >= 11 is 0. The highest BCUT2D eigenvalue weighted by atomic mass is 16.5. The van der Waals surface area contributed by atoms with Crippen molar-refractivity contribution in [1.82, 2.24) is 4.90 Å². The molecule has 0 aromatic heterocycles. The van der Waals surface area contributed by atoms with Crippen molar-refractivity contribution in [3.63, 3.8) is 0 Å². The number of esters is 1. The van der Waals surface area contributed by atoms with Gasteiger partial charge in [0.2, 0.25) is 0 Å². The minimum Gasteiger partial charge on any atom is -0.465 e. The molecule has 0 aromatic rings. The highest BCUT2D eigenvalue weighted by Gasteiger charge is 2.23. The molecule has 0 aromatic carbocycles. The van der Waals surface area contributed by atoms with E-state index in [2.05, 4.69) is 46.6 Å². The number of hydrogen-bond donors (Lipinski definition) is 0. The Labute approximate surface area is 144 Å². The number of carbonyl (C=O) groups is 1. The Hall–Kier alpha value is -0.570. The average molecular weight is 326 g/mol. The number of cyclic esters (lactones) is 1. The maximum Gasteiger partial charge on any atom is 0.308 e. The zero-order valence-corrected chi connectivity index (χ0v) is 16.5. The molecule has 1 fully saturated rings. The molecule has 3 heteroatoms. The molecule has 0 aliphatic carbocycles. The van der Waals surface area contributed by atoms with Gasteiger partial charge in [-0.3, -0.25) is 4.79 Å². The monoisotopic (exact) mass is 325 g/mol. The van der Waals surface area contributed by atoms with Gasteiger partial charge < -0.3 is 9.64 Å². The van der Waals surface area contributed by atoms with Gasteiger partial charge in [0.25, 0.3) is 0 Å². The van der Waals surface area contributed by atoms with Crippen molar-refractivity contribution in [1.29, 1.82) is 0 Å². The third kappa shape index (κ3) is 7.69. The van der Waals surface area contributed by atoms with Gasteiger partial charge in [-0.2, -0.15) is 0 Å². The van der Waals surface area contributed by atoms with Gasteiger partial charge in [0, 0.05) is 12.6 Å². The zero-order chi connectivity index (χ0) is 17.6. The van der Waals surface area contributed by atoms with Gasteiger partial charge in [0.05, 0.1) is 12.5 Å². The van der Waals surface area contributed by atoms with E-state index >= 15 is 0 Å². The number of carbonyl (C=O) groups excluding carboxylic acids is 1. The zero-order valence-electron chi connectivity index (χ0n) is 16.5. The van der Waals surface area contributed by atoms with Crippen molar-refractivity contribution in [2.75, 3.05) is 20.2 Å². The van der Waals surface area contributed by atoms with Crippen molar-refractivity contribution in [3.8, 4) is 0 Å². The van der Waals surface area contributed by atoms with E-state index in [1.54, 1.807) is 0 Å². The lowest BCUT2D eigenvalue weighted by molar-refractivity contribution is -0.150. The van der Waals surface area contributed by atoms with Gasteiger partial charge in [0.1, 0.15) is 0 Å². The molecule has 1 saturated heterocycles. The Balaban J connectivity index is 2.75. The van der Waals surface area contributed by atoms with E-state index < -0.39 is 0 Å². The fourth-order valence-electron chi connectivity index (χ4n) is 4.21. The summed E-state index contributed by atoms with van der Waals surface area (Å²) < 4.78 is 5.57. The van der Waals surface area contributed by atoms with E-state index in [0.29, 0.717) is 24.5 Å². The van der Waals surface area contributed by atoms with E-state index in [1.165, 1.54) is 12.8 Å². The molecule has 136 valence electrons. The van der Waals surface area contributed by atoms with Crippen molar-refractivity contribution in [2.45, 2.75) is 73.3 Å². The van der Waals surface area contributed by atoms with Gasteiger partial charge in [-0.05, 0) is 63.3 Å². The Kier molecular flexibility index (Phi) is 8.60. The number of ether oxygens (including phenoxy) is 1. The van der Waals surface area contributed by atoms with Gasteiger partial charge in [-0.25, -0.2) is 0 Å². The van der Waals surface area contributed by atoms with Gasteiger partial charge in [-0.1, -0.05) is 34.6 Å². The van der Waals surface area contributed by atoms with E-state index in [9.17, 15) is 4.79 Å². The molecule has 0 N–H and O–H groups in total. The number of rotatable bonds is 0. The molecule has 1 aliphatic rings. The van der Waals surface area contributed by atoms with Crippen molar-refractivity contribution >= 4 is 5.97 Å². The normalized spacial score (nSPS) is 40.0. The lowest BCUT2D eigenvalue weighted by Gasteiger charge is -2.30. The third-order valence-electron chi connectivity index (χ3n) is 5.37. The predicted octanol–water partition coefficient (Wildman–Crippen LogP) is 4.60. The molecule has 0 bridgehead atoms. The molecule has 1 heterocycles. The van der Waals surface area contributed by atoms with Gasteiger partial charge >= 0.3 is 5.97 Å². The summed E-state index contributed by atoms with van der Waals surface area (Å²) in [4.78, 5) is 14.7. The van der Waals surface area contributed by atoms with Crippen LogP contribution in [0.5, 0.6) is 0 Å². The second kappa shape index (κ2) is 9.66. The minimum absolute atomic E-state index is 0.0133. The highest BCUT2D eigenvalue weighted by Crippen LogP contribution is 2.26. The van der Waals surface area contributed by atoms with E-state index in [1.807, 2.05) is 6.92 Å². The predicted molar refractivity (Wildman–Crippen MR) is 97.3 cm³/mol. The van der Waals surface area contributed by atoms with Crippen molar-refractivity contribution < 1.29 is 9.53 Å². The van der Waals surface area contributed by atoms with Crippen LogP contribution in [0.3, 0.4) is 0 Å². The third-order valence-corrected chi connectivity index (χ3v) is 5.37.